The van der Waals surface area contributed by atoms with Gasteiger partial charge in [-0.3, -0.25) is 9.59 Å². The van der Waals surface area contributed by atoms with Gasteiger partial charge in [-0.15, -0.1) is 0 Å². The van der Waals surface area contributed by atoms with Crippen LogP contribution in [0.25, 0.3) is 0 Å². The predicted octanol–water partition coefficient (Wildman–Crippen LogP) is 0.912. The quantitative estimate of drug-likeness (QED) is 0.756. The highest BCUT2D eigenvalue weighted by Crippen LogP contribution is 2.23. The van der Waals surface area contributed by atoms with Gasteiger partial charge in [0, 0.05) is 6.04 Å². The Morgan fingerprint density at radius 3 is 2.60 bits per heavy atom. The summed E-state index contributed by atoms with van der Waals surface area (Å²) in [7, 11) is 0. The molecule has 0 aliphatic carbocycles. The predicted molar refractivity (Wildman–Crippen MR) is 58.3 cm³/mol. The second-order valence-corrected chi connectivity index (χ2v) is 4.64. The molecule has 2 amide bonds. The highest BCUT2D eigenvalue weighted by Gasteiger charge is 2.43. The zero-order chi connectivity index (χ0) is 11.6. The molecule has 1 atom stereocenters. The molecule has 1 N–H and O–H groups in total. The lowest BCUT2D eigenvalue weighted by molar-refractivity contribution is -0.154. The molecule has 0 aromatic rings. The Labute approximate surface area is 91.0 Å². The molecule has 0 spiro atoms. The highest BCUT2D eigenvalue weighted by atomic mass is 16.2. The molecule has 1 heterocycles. The van der Waals surface area contributed by atoms with Crippen LogP contribution in [0.4, 0.5) is 0 Å². The first-order chi connectivity index (χ1) is 6.91. The van der Waals surface area contributed by atoms with Crippen LogP contribution in [0.2, 0.25) is 0 Å². The van der Waals surface area contributed by atoms with E-state index in [0.29, 0.717) is 0 Å². The van der Waals surface area contributed by atoms with Gasteiger partial charge in [0.15, 0.2) is 0 Å². The van der Waals surface area contributed by atoms with Gasteiger partial charge in [0.2, 0.25) is 11.8 Å². The maximum Gasteiger partial charge on any atom is 0.245 e. The molecule has 0 saturated carbocycles. The van der Waals surface area contributed by atoms with Crippen molar-refractivity contribution in [3.05, 3.63) is 0 Å². The average molecular weight is 212 g/mol. The molecule has 1 saturated heterocycles. The number of carbonyl (C=O) groups excluding carboxylic acids is 2. The number of hydrogen-bond acceptors (Lipinski definition) is 2. The summed E-state index contributed by atoms with van der Waals surface area (Å²) in [4.78, 5) is 25.2. The van der Waals surface area contributed by atoms with Crippen molar-refractivity contribution in [2.45, 2.75) is 52.1 Å². The van der Waals surface area contributed by atoms with Crippen molar-refractivity contribution in [1.29, 1.82) is 0 Å². The van der Waals surface area contributed by atoms with Crippen LogP contribution in [0.3, 0.4) is 0 Å². The Balaban J connectivity index is 2.89. The molecule has 4 nitrogen and oxygen atoms in total. The van der Waals surface area contributed by atoms with Gasteiger partial charge < -0.3 is 10.2 Å². The standard InChI is InChI=1S/C11H20N2O2/c1-5-6-8(2)13-9(14)7-12-10(15)11(13,3)4/h8H,5-7H2,1-4H3,(H,12,15). The first-order valence-electron chi connectivity index (χ1n) is 5.51. The number of nitrogens with zero attached hydrogens (tertiary/aromatic N) is 1. The molecule has 1 aliphatic heterocycles. The molecule has 86 valence electrons. The van der Waals surface area contributed by atoms with E-state index in [1.54, 1.807) is 18.7 Å². The fourth-order valence-electron chi connectivity index (χ4n) is 2.22. The second-order valence-electron chi connectivity index (χ2n) is 4.64. The summed E-state index contributed by atoms with van der Waals surface area (Å²) in [5, 5.41) is 2.62. The van der Waals surface area contributed by atoms with Crippen LogP contribution in [0, 0.1) is 0 Å². The van der Waals surface area contributed by atoms with Crippen LogP contribution in [0.5, 0.6) is 0 Å². The maximum absolute atomic E-state index is 11.8. The van der Waals surface area contributed by atoms with Gasteiger partial charge in [0.1, 0.15) is 5.54 Å². The largest absolute Gasteiger partial charge is 0.345 e. The van der Waals surface area contributed by atoms with E-state index in [1.807, 2.05) is 6.92 Å². The Morgan fingerprint density at radius 2 is 2.07 bits per heavy atom. The van der Waals surface area contributed by atoms with E-state index in [4.69, 9.17) is 0 Å². The molecular weight excluding hydrogens is 192 g/mol. The highest BCUT2D eigenvalue weighted by molar-refractivity contribution is 5.97. The molecule has 1 aliphatic rings. The molecule has 1 unspecified atom stereocenters. The van der Waals surface area contributed by atoms with E-state index < -0.39 is 5.54 Å². The van der Waals surface area contributed by atoms with Crippen molar-refractivity contribution >= 4 is 11.8 Å². The minimum absolute atomic E-state index is 0.0144. The van der Waals surface area contributed by atoms with E-state index in [2.05, 4.69) is 12.2 Å². The fourth-order valence-corrected chi connectivity index (χ4v) is 2.22. The minimum Gasteiger partial charge on any atom is -0.345 e. The van der Waals surface area contributed by atoms with E-state index in [1.165, 1.54) is 0 Å². The van der Waals surface area contributed by atoms with Crippen molar-refractivity contribution in [3.8, 4) is 0 Å². The van der Waals surface area contributed by atoms with Gasteiger partial charge >= 0.3 is 0 Å². The number of hydrogen-bond donors (Lipinski definition) is 1. The van der Waals surface area contributed by atoms with Crippen molar-refractivity contribution in [3.63, 3.8) is 0 Å². The summed E-state index contributed by atoms with van der Waals surface area (Å²) in [6.45, 7) is 7.81. The molecule has 15 heavy (non-hydrogen) atoms. The molecule has 1 fully saturated rings. The van der Waals surface area contributed by atoms with Crippen LogP contribution in [0.15, 0.2) is 0 Å². The first kappa shape index (κ1) is 12.0. The van der Waals surface area contributed by atoms with Crippen LogP contribution < -0.4 is 5.32 Å². The molecule has 0 radical (unpaired) electrons. The maximum atomic E-state index is 11.8. The number of carbonyl (C=O) groups is 2. The van der Waals surface area contributed by atoms with Crippen molar-refractivity contribution in [1.82, 2.24) is 10.2 Å². The minimum atomic E-state index is -0.718. The lowest BCUT2D eigenvalue weighted by atomic mass is 9.95. The van der Waals surface area contributed by atoms with E-state index in [0.717, 1.165) is 12.8 Å². The number of rotatable bonds is 3. The van der Waals surface area contributed by atoms with Crippen molar-refractivity contribution in [2.24, 2.45) is 0 Å². The van der Waals surface area contributed by atoms with Crippen LogP contribution >= 0.6 is 0 Å². The summed E-state index contributed by atoms with van der Waals surface area (Å²) >= 11 is 0. The average Bonchev–Trinajstić information content (AvgIpc) is 2.12. The Morgan fingerprint density at radius 1 is 1.47 bits per heavy atom. The number of amides is 2. The number of piperazine rings is 1. The molecule has 0 aromatic carbocycles. The third kappa shape index (κ3) is 2.13. The second kappa shape index (κ2) is 4.21. The van der Waals surface area contributed by atoms with Crippen molar-refractivity contribution in [2.75, 3.05) is 6.54 Å². The Kier molecular flexibility index (Phi) is 3.37. The Bertz CT molecular complexity index is 274. The summed E-state index contributed by atoms with van der Waals surface area (Å²) in [6, 6.07) is 0.128. The van der Waals surface area contributed by atoms with Crippen LogP contribution in [-0.2, 0) is 9.59 Å². The van der Waals surface area contributed by atoms with Gasteiger partial charge in [-0.25, -0.2) is 0 Å². The van der Waals surface area contributed by atoms with Gasteiger partial charge in [-0.1, -0.05) is 13.3 Å². The molecular formula is C11H20N2O2. The van der Waals surface area contributed by atoms with Crippen LogP contribution in [0.1, 0.15) is 40.5 Å². The summed E-state index contributed by atoms with van der Waals surface area (Å²) in [5.74, 6) is -0.0504. The Hall–Kier alpha value is -1.06. The summed E-state index contributed by atoms with van der Waals surface area (Å²) in [6.07, 6.45) is 1.95. The SMILES string of the molecule is CCCC(C)N1C(=O)CNC(=O)C1(C)C. The van der Waals surface area contributed by atoms with Gasteiger partial charge in [0.05, 0.1) is 6.54 Å². The van der Waals surface area contributed by atoms with E-state index in [-0.39, 0.29) is 24.4 Å². The smallest absolute Gasteiger partial charge is 0.245 e. The fraction of sp³-hybridized carbons (Fsp3) is 0.818. The van der Waals surface area contributed by atoms with Gasteiger partial charge in [-0.2, -0.15) is 0 Å². The third-order valence-corrected chi connectivity index (χ3v) is 2.97. The van der Waals surface area contributed by atoms with Gasteiger partial charge in [0.25, 0.3) is 0 Å². The lowest BCUT2D eigenvalue weighted by Crippen LogP contribution is -2.66. The normalized spacial score (nSPS) is 22.5. The summed E-state index contributed by atoms with van der Waals surface area (Å²) in [5.41, 5.74) is -0.718. The third-order valence-electron chi connectivity index (χ3n) is 2.97. The molecule has 1 rings (SSSR count). The van der Waals surface area contributed by atoms with E-state index >= 15 is 0 Å². The molecule has 4 heteroatoms. The van der Waals surface area contributed by atoms with E-state index in [9.17, 15) is 9.59 Å². The zero-order valence-electron chi connectivity index (χ0n) is 9.96. The molecule has 0 aromatic heterocycles. The lowest BCUT2D eigenvalue weighted by Gasteiger charge is -2.44. The van der Waals surface area contributed by atoms with Gasteiger partial charge in [-0.05, 0) is 27.2 Å². The topological polar surface area (TPSA) is 49.4 Å². The summed E-state index contributed by atoms with van der Waals surface area (Å²) < 4.78 is 0. The molecule has 0 bridgehead atoms. The van der Waals surface area contributed by atoms with Crippen LogP contribution in [-0.4, -0.2) is 34.8 Å². The number of nitrogens with one attached hydrogen (secondary N) is 1. The monoisotopic (exact) mass is 212 g/mol. The first-order valence-corrected chi connectivity index (χ1v) is 5.51. The van der Waals surface area contributed by atoms with Crippen molar-refractivity contribution < 1.29 is 9.59 Å². The zero-order valence-corrected chi connectivity index (χ0v) is 9.96.